The molecular formula is C9H12F6N2O2. The van der Waals surface area contributed by atoms with Crippen LogP contribution in [-0.2, 0) is 9.59 Å². The zero-order valence-corrected chi connectivity index (χ0v) is 9.52. The van der Waals surface area contributed by atoms with Gasteiger partial charge in [-0.05, 0) is 6.42 Å². The minimum atomic E-state index is -4.84. The number of alkyl halides is 6. The summed E-state index contributed by atoms with van der Waals surface area (Å²) in [6.45, 7) is 0. The van der Waals surface area contributed by atoms with Gasteiger partial charge in [-0.15, -0.1) is 0 Å². The smallest absolute Gasteiger partial charge is 0.369 e. The van der Waals surface area contributed by atoms with E-state index in [1.807, 2.05) is 0 Å². The van der Waals surface area contributed by atoms with Crippen LogP contribution < -0.4 is 11.5 Å². The SMILES string of the molecule is NC(=O)C(CCC(F)(F)F)C(CC(F)(F)F)C(N)=O. The van der Waals surface area contributed by atoms with Crippen LogP contribution in [0.2, 0.25) is 0 Å². The number of amides is 2. The summed E-state index contributed by atoms with van der Waals surface area (Å²) in [6, 6.07) is 0. The number of primary amides is 2. The maximum Gasteiger partial charge on any atom is 0.389 e. The molecule has 0 rings (SSSR count). The van der Waals surface area contributed by atoms with E-state index in [1.54, 1.807) is 0 Å². The molecule has 19 heavy (non-hydrogen) atoms. The van der Waals surface area contributed by atoms with Gasteiger partial charge in [-0.2, -0.15) is 26.3 Å². The molecule has 2 unspecified atom stereocenters. The molecule has 0 aliphatic carbocycles. The monoisotopic (exact) mass is 294 g/mol. The Bertz CT molecular complexity index is 339. The standard InChI is InChI=1S/C9H12F6N2O2/c10-8(11,12)2-1-4(6(16)18)5(7(17)19)3-9(13,14)15/h4-5H,1-3H2,(H2,16,18)(H2,17,19). The second-order valence-electron chi connectivity index (χ2n) is 3.99. The quantitative estimate of drug-likeness (QED) is 0.727. The van der Waals surface area contributed by atoms with Crippen LogP contribution in [0.4, 0.5) is 26.3 Å². The van der Waals surface area contributed by atoms with Gasteiger partial charge in [0.05, 0.1) is 12.3 Å². The molecule has 0 aromatic heterocycles. The number of carbonyl (C=O) groups excluding carboxylic acids is 2. The van der Waals surface area contributed by atoms with Crippen LogP contribution in [0, 0.1) is 11.8 Å². The molecule has 0 aliphatic rings. The summed E-state index contributed by atoms with van der Waals surface area (Å²) in [5, 5.41) is 0. The van der Waals surface area contributed by atoms with E-state index in [4.69, 9.17) is 11.5 Å². The number of hydrogen-bond donors (Lipinski definition) is 2. The molecule has 2 amide bonds. The second-order valence-corrected chi connectivity index (χ2v) is 3.99. The Morgan fingerprint density at radius 3 is 1.53 bits per heavy atom. The lowest BCUT2D eigenvalue weighted by Crippen LogP contribution is -2.40. The van der Waals surface area contributed by atoms with Crippen molar-refractivity contribution in [3.05, 3.63) is 0 Å². The molecule has 4 nitrogen and oxygen atoms in total. The Morgan fingerprint density at radius 1 is 0.842 bits per heavy atom. The van der Waals surface area contributed by atoms with Gasteiger partial charge in [0.2, 0.25) is 11.8 Å². The van der Waals surface area contributed by atoms with Gasteiger partial charge in [0.15, 0.2) is 0 Å². The summed E-state index contributed by atoms with van der Waals surface area (Å²) in [5.74, 6) is -6.93. The van der Waals surface area contributed by atoms with Gasteiger partial charge in [-0.25, -0.2) is 0 Å². The number of rotatable bonds is 6. The summed E-state index contributed by atoms with van der Waals surface area (Å²) in [4.78, 5) is 21.8. The normalized spacial score (nSPS) is 15.9. The van der Waals surface area contributed by atoms with Gasteiger partial charge in [-0.1, -0.05) is 0 Å². The van der Waals surface area contributed by atoms with Crippen molar-refractivity contribution in [1.29, 1.82) is 0 Å². The lowest BCUT2D eigenvalue weighted by atomic mass is 9.84. The van der Waals surface area contributed by atoms with E-state index in [0.717, 1.165) is 0 Å². The largest absolute Gasteiger partial charge is 0.389 e. The van der Waals surface area contributed by atoms with Crippen LogP contribution in [0.15, 0.2) is 0 Å². The third-order valence-electron chi connectivity index (χ3n) is 2.41. The summed E-state index contributed by atoms with van der Waals surface area (Å²) >= 11 is 0. The van der Waals surface area contributed by atoms with E-state index in [9.17, 15) is 35.9 Å². The number of hydrogen-bond acceptors (Lipinski definition) is 2. The molecule has 0 radical (unpaired) electrons. The van der Waals surface area contributed by atoms with E-state index in [0.29, 0.717) is 0 Å². The molecular weight excluding hydrogens is 282 g/mol. The highest BCUT2D eigenvalue weighted by molar-refractivity contribution is 5.86. The molecule has 2 atom stereocenters. The number of halogens is 6. The average Bonchev–Trinajstić information content (AvgIpc) is 2.11. The molecule has 112 valence electrons. The van der Waals surface area contributed by atoms with Crippen molar-refractivity contribution in [2.45, 2.75) is 31.6 Å². The fourth-order valence-corrected chi connectivity index (χ4v) is 1.55. The van der Waals surface area contributed by atoms with Gasteiger partial charge in [-0.3, -0.25) is 9.59 Å². The molecule has 0 saturated heterocycles. The van der Waals surface area contributed by atoms with Gasteiger partial charge < -0.3 is 11.5 Å². The molecule has 0 bridgehead atoms. The Kier molecular flexibility index (Phi) is 5.63. The molecule has 0 aliphatic heterocycles. The fraction of sp³-hybridized carbons (Fsp3) is 0.778. The van der Waals surface area contributed by atoms with Gasteiger partial charge in [0.1, 0.15) is 0 Å². The summed E-state index contributed by atoms with van der Waals surface area (Å²) < 4.78 is 72.5. The van der Waals surface area contributed by atoms with E-state index in [-0.39, 0.29) is 0 Å². The molecule has 4 N–H and O–H groups in total. The Balaban J connectivity index is 4.98. The zero-order chi connectivity index (χ0) is 15.4. The van der Waals surface area contributed by atoms with Crippen molar-refractivity contribution in [2.75, 3.05) is 0 Å². The van der Waals surface area contributed by atoms with E-state index < -0.39 is 55.3 Å². The zero-order valence-electron chi connectivity index (χ0n) is 9.52. The maximum absolute atomic E-state index is 12.2. The van der Waals surface area contributed by atoms with Crippen molar-refractivity contribution in [3.63, 3.8) is 0 Å². The van der Waals surface area contributed by atoms with Crippen molar-refractivity contribution < 1.29 is 35.9 Å². The summed E-state index contributed by atoms with van der Waals surface area (Å²) in [6.07, 6.45) is -13.8. The first-order valence-electron chi connectivity index (χ1n) is 5.05. The van der Waals surface area contributed by atoms with Crippen LogP contribution in [0.5, 0.6) is 0 Å². The van der Waals surface area contributed by atoms with Crippen molar-refractivity contribution in [1.82, 2.24) is 0 Å². The molecule has 0 saturated carbocycles. The van der Waals surface area contributed by atoms with E-state index in [1.165, 1.54) is 0 Å². The predicted molar refractivity (Wildman–Crippen MR) is 51.3 cm³/mol. The topological polar surface area (TPSA) is 86.2 Å². The fourth-order valence-electron chi connectivity index (χ4n) is 1.55. The van der Waals surface area contributed by atoms with Crippen LogP contribution >= 0.6 is 0 Å². The van der Waals surface area contributed by atoms with Crippen LogP contribution in [0.1, 0.15) is 19.3 Å². The third-order valence-corrected chi connectivity index (χ3v) is 2.41. The highest BCUT2D eigenvalue weighted by Crippen LogP contribution is 2.33. The lowest BCUT2D eigenvalue weighted by molar-refractivity contribution is -0.163. The Morgan fingerprint density at radius 2 is 1.26 bits per heavy atom. The molecule has 0 heterocycles. The van der Waals surface area contributed by atoms with Crippen LogP contribution in [0.3, 0.4) is 0 Å². The first-order chi connectivity index (χ1) is 8.33. The molecule has 10 heteroatoms. The molecule has 0 fully saturated rings. The van der Waals surface area contributed by atoms with Gasteiger partial charge in [0, 0.05) is 12.3 Å². The third kappa shape index (κ3) is 7.52. The lowest BCUT2D eigenvalue weighted by Gasteiger charge is -2.23. The number of nitrogens with two attached hydrogens (primary N) is 2. The van der Waals surface area contributed by atoms with Gasteiger partial charge in [0.25, 0.3) is 0 Å². The first-order valence-corrected chi connectivity index (χ1v) is 5.05. The molecule has 0 aromatic carbocycles. The summed E-state index contributed by atoms with van der Waals surface area (Å²) in [7, 11) is 0. The van der Waals surface area contributed by atoms with Crippen LogP contribution in [0.25, 0.3) is 0 Å². The minimum absolute atomic E-state index is 1.01. The molecule has 0 spiro atoms. The Hall–Kier alpha value is -1.48. The molecule has 0 aromatic rings. The van der Waals surface area contributed by atoms with Crippen LogP contribution in [-0.4, -0.2) is 24.2 Å². The van der Waals surface area contributed by atoms with Gasteiger partial charge >= 0.3 is 12.4 Å². The number of carbonyl (C=O) groups is 2. The van der Waals surface area contributed by atoms with Crippen molar-refractivity contribution in [3.8, 4) is 0 Å². The predicted octanol–water partition coefficient (Wildman–Crippen LogP) is 1.48. The maximum atomic E-state index is 12.2. The highest BCUT2D eigenvalue weighted by atomic mass is 19.4. The second kappa shape index (κ2) is 6.11. The van der Waals surface area contributed by atoms with Crippen molar-refractivity contribution in [2.24, 2.45) is 23.3 Å². The van der Waals surface area contributed by atoms with E-state index in [2.05, 4.69) is 0 Å². The van der Waals surface area contributed by atoms with E-state index >= 15 is 0 Å². The highest BCUT2D eigenvalue weighted by Gasteiger charge is 2.42. The van der Waals surface area contributed by atoms with Crippen molar-refractivity contribution >= 4 is 11.8 Å². The first kappa shape index (κ1) is 17.5. The Labute approximate surface area is 104 Å². The average molecular weight is 294 g/mol. The minimum Gasteiger partial charge on any atom is -0.369 e. The summed E-state index contributed by atoms with van der Waals surface area (Å²) in [5.41, 5.74) is 9.44.